The first-order chi connectivity index (χ1) is 19.9. The molecule has 0 radical (unpaired) electrons. The normalized spacial score (nSPS) is 14.7. The van der Waals surface area contributed by atoms with Crippen LogP contribution < -0.4 is 15.9 Å². The molecule has 3 N–H and O–H groups in total. The number of rotatable bonds is 8. The van der Waals surface area contributed by atoms with E-state index in [0.29, 0.717) is 11.7 Å². The van der Waals surface area contributed by atoms with Gasteiger partial charge in [0.15, 0.2) is 5.82 Å². The van der Waals surface area contributed by atoms with E-state index >= 15 is 0 Å². The van der Waals surface area contributed by atoms with E-state index in [9.17, 15) is 0 Å². The molecule has 0 aliphatic heterocycles. The van der Waals surface area contributed by atoms with E-state index in [1.165, 1.54) is 30.6 Å². The molecule has 206 valence electrons. The number of anilines is 1. The molecule has 6 rings (SSSR count). The number of H-pyrrole nitrogens is 2. The van der Waals surface area contributed by atoms with Crippen LogP contribution in [-0.2, 0) is 0 Å². The number of hydrogen-bond donors (Lipinski definition) is 3. The second-order valence-corrected chi connectivity index (χ2v) is 11.8. The number of imidazole rings is 1. The van der Waals surface area contributed by atoms with E-state index in [1.807, 2.05) is 44.5 Å². The molecule has 0 unspecified atom stereocenters. The zero-order valence-corrected chi connectivity index (χ0v) is 24.4. The molecular weight excluding hydrogens is 524 g/mol. The molecule has 41 heavy (non-hydrogen) atoms. The highest BCUT2D eigenvalue weighted by atomic mass is 32.1. The lowest BCUT2D eigenvalue weighted by atomic mass is 10.0. The van der Waals surface area contributed by atoms with Crippen molar-refractivity contribution in [3.8, 4) is 22.0 Å². The Morgan fingerprint density at radius 2 is 1.93 bits per heavy atom. The topological polar surface area (TPSA) is 82.3 Å². The molecule has 1 saturated carbocycles. The van der Waals surface area contributed by atoms with Crippen LogP contribution >= 0.6 is 11.3 Å². The highest BCUT2D eigenvalue weighted by molar-refractivity contribution is 7.16. The van der Waals surface area contributed by atoms with Gasteiger partial charge in [0, 0.05) is 38.0 Å². The van der Waals surface area contributed by atoms with Crippen LogP contribution in [0.25, 0.3) is 56.3 Å². The maximum Gasteiger partial charge on any atom is 0.159 e. The van der Waals surface area contributed by atoms with Gasteiger partial charge in [-0.25, -0.2) is 4.98 Å². The fourth-order valence-corrected chi connectivity index (χ4v) is 6.43. The third-order valence-electron chi connectivity index (χ3n) is 7.73. The fraction of sp³-hybridized carbons (Fsp3) is 0.206. The van der Waals surface area contributed by atoms with Gasteiger partial charge in [-0.15, -0.1) is 11.3 Å². The van der Waals surface area contributed by atoms with Gasteiger partial charge in [-0.05, 0) is 74.1 Å². The lowest BCUT2D eigenvalue weighted by molar-refractivity contribution is 0.649. The van der Waals surface area contributed by atoms with E-state index in [2.05, 4.69) is 75.6 Å². The first kappa shape index (κ1) is 26.7. The van der Waals surface area contributed by atoms with Gasteiger partial charge in [0.25, 0.3) is 0 Å². The Morgan fingerprint density at radius 3 is 2.68 bits per heavy atom. The van der Waals surface area contributed by atoms with E-state index in [4.69, 9.17) is 4.98 Å². The first-order valence-electron chi connectivity index (χ1n) is 14.0. The van der Waals surface area contributed by atoms with Crippen molar-refractivity contribution in [2.24, 2.45) is 5.92 Å². The summed E-state index contributed by atoms with van der Waals surface area (Å²) in [6.07, 6.45) is 12.7. The summed E-state index contributed by atoms with van der Waals surface area (Å²) in [5.41, 5.74) is 8.53. The predicted octanol–water partition coefficient (Wildman–Crippen LogP) is 7.52. The summed E-state index contributed by atoms with van der Waals surface area (Å²) in [7, 11) is 0. The molecule has 0 spiro atoms. The Labute approximate surface area is 244 Å². The lowest BCUT2D eigenvalue weighted by Crippen LogP contribution is -2.23. The van der Waals surface area contributed by atoms with Crippen LogP contribution in [0.5, 0.6) is 0 Å². The molecule has 0 saturated heterocycles. The van der Waals surface area contributed by atoms with E-state index in [-0.39, 0.29) is 0 Å². The number of fused-ring (bicyclic) bond motifs is 1. The molecule has 5 aromatic rings. The third-order valence-corrected chi connectivity index (χ3v) is 9.01. The van der Waals surface area contributed by atoms with Crippen LogP contribution in [0.4, 0.5) is 5.69 Å². The zero-order chi connectivity index (χ0) is 28.5. The second-order valence-electron chi connectivity index (χ2n) is 10.7. The highest BCUT2D eigenvalue weighted by Crippen LogP contribution is 2.35. The molecule has 0 atom stereocenters. The minimum absolute atomic E-state index is 0.529. The Balaban J connectivity index is 1.35. The fourth-order valence-electron chi connectivity index (χ4n) is 5.47. The number of aromatic amines is 2. The van der Waals surface area contributed by atoms with Gasteiger partial charge in [0.05, 0.1) is 28.3 Å². The number of hydrogen-bond acceptors (Lipinski definition) is 5. The molecule has 0 amide bonds. The molecule has 1 aliphatic carbocycles. The summed E-state index contributed by atoms with van der Waals surface area (Å²) in [6.45, 7) is 16.8. The van der Waals surface area contributed by atoms with Crippen molar-refractivity contribution in [1.29, 1.82) is 0 Å². The minimum Gasteiger partial charge on any atom is -0.358 e. The van der Waals surface area contributed by atoms with Gasteiger partial charge in [0.2, 0.25) is 0 Å². The molecule has 1 aromatic carbocycles. The summed E-state index contributed by atoms with van der Waals surface area (Å²) in [5.74, 6) is 1.23. The average Bonchev–Trinajstić information content (AvgIpc) is 3.78. The van der Waals surface area contributed by atoms with Gasteiger partial charge in [0.1, 0.15) is 5.69 Å². The standard InChI is InChI=1S/C34H34N6S/c1-6-28-27(16-21(4)24-17-25(19-35-18-24)36-22(5)23-10-7-8-11-23)33(40-39-28)34-37-29-13-9-12-26(32(29)38-34)31-15-14-30(41-31)20(2)3/h6,9,12-19,23,36,39H,2,4-5,7-8,10-11H2,1,3H3,(H,37,38)/b27-16+,28-6+. The maximum atomic E-state index is 5.04. The third kappa shape index (κ3) is 5.33. The van der Waals surface area contributed by atoms with Crippen molar-refractivity contribution < 1.29 is 0 Å². The lowest BCUT2D eigenvalue weighted by Gasteiger charge is -2.16. The molecule has 0 bridgehead atoms. The van der Waals surface area contributed by atoms with Gasteiger partial charge in [-0.3, -0.25) is 10.1 Å². The van der Waals surface area contributed by atoms with Gasteiger partial charge >= 0.3 is 0 Å². The molecule has 4 aromatic heterocycles. The highest BCUT2D eigenvalue weighted by Gasteiger charge is 2.18. The Morgan fingerprint density at radius 1 is 1.10 bits per heavy atom. The van der Waals surface area contributed by atoms with Crippen LogP contribution in [-0.4, -0.2) is 25.1 Å². The SMILES string of the molecule is C=C(/C=c1/c(-c2nc3c(-c4ccc(C(=C)C)s4)cccc3[nH]2)n[nH]/c1=C/C)c1cncc(NC(=C)C2CCCC2)c1. The van der Waals surface area contributed by atoms with Crippen molar-refractivity contribution in [2.45, 2.75) is 39.5 Å². The Hall–Kier alpha value is -4.49. The Kier molecular flexibility index (Phi) is 7.28. The quantitative estimate of drug-likeness (QED) is 0.184. The predicted molar refractivity (Wildman–Crippen MR) is 174 cm³/mol. The minimum atomic E-state index is 0.529. The van der Waals surface area contributed by atoms with E-state index in [0.717, 1.165) is 65.8 Å². The van der Waals surface area contributed by atoms with Gasteiger partial charge in [-0.1, -0.05) is 50.8 Å². The van der Waals surface area contributed by atoms with Crippen LogP contribution in [0, 0.1) is 5.92 Å². The van der Waals surface area contributed by atoms with E-state index < -0.39 is 0 Å². The number of nitrogens with one attached hydrogen (secondary N) is 3. The molecule has 1 aliphatic rings. The largest absolute Gasteiger partial charge is 0.358 e. The summed E-state index contributed by atoms with van der Waals surface area (Å²) < 4.78 is 0. The monoisotopic (exact) mass is 558 g/mol. The number of thiophene rings is 1. The number of nitrogens with zero attached hydrogens (tertiary/aromatic N) is 3. The number of aromatic nitrogens is 5. The number of pyridine rings is 1. The molecule has 4 heterocycles. The maximum absolute atomic E-state index is 5.04. The van der Waals surface area contributed by atoms with Gasteiger partial charge in [-0.2, -0.15) is 5.10 Å². The molecule has 7 heteroatoms. The molecule has 1 fully saturated rings. The number of benzene rings is 1. The summed E-state index contributed by atoms with van der Waals surface area (Å²) in [5, 5.41) is 13.1. The zero-order valence-electron chi connectivity index (χ0n) is 23.6. The number of allylic oxidation sites excluding steroid dienone is 3. The van der Waals surface area contributed by atoms with Crippen LogP contribution in [0.1, 0.15) is 50.0 Å². The van der Waals surface area contributed by atoms with Crippen LogP contribution in [0.3, 0.4) is 0 Å². The summed E-state index contributed by atoms with van der Waals surface area (Å²) in [4.78, 5) is 15.3. The average molecular weight is 559 g/mol. The van der Waals surface area contributed by atoms with Crippen LogP contribution in [0.15, 0.2) is 74.2 Å². The first-order valence-corrected chi connectivity index (χ1v) is 14.8. The van der Waals surface area contributed by atoms with Crippen molar-refractivity contribution in [3.05, 3.63) is 95.2 Å². The van der Waals surface area contributed by atoms with Crippen LogP contribution in [0.2, 0.25) is 0 Å². The second kappa shape index (κ2) is 11.2. The molecular formula is C34H34N6S. The smallest absolute Gasteiger partial charge is 0.159 e. The van der Waals surface area contributed by atoms with Gasteiger partial charge < -0.3 is 10.3 Å². The van der Waals surface area contributed by atoms with E-state index in [1.54, 1.807) is 11.3 Å². The van der Waals surface area contributed by atoms with Crippen molar-refractivity contribution >= 4 is 51.4 Å². The van der Waals surface area contributed by atoms with Crippen molar-refractivity contribution in [3.63, 3.8) is 0 Å². The Bertz CT molecular complexity index is 1910. The summed E-state index contributed by atoms with van der Waals surface area (Å²) in [6, 6.07) is 12.6. The van der Waals surface area contributed by atoms with Crippen molar-refractivity contribution in [2.75, 3.05) is 5.32 Å². The number of para-hydroxylation sites is 1. The molecule has 6 nitrogen and oxygen atoms in total. The summed E-state index contributed by atoms with van der Waals surface area (Å²) >= 11 is 1.73. The van der Waals surface area contributed by atoms with Crippen molar-refractivity contribution in [1.82, 2.24) is 25.1 Å².